The zero-order valence-electron chi connectivity index (χ0n) is 11.7. The maximum absolute atomic E-state index is 8.99. The van der Waals surface area contributed by atoms with Crippen molar-refractivity contribution < 1.29 is 4.74 Å². The number of nitriles is 1. The highest BCUT2D eigenvalue weighted by molar-refractivity contribution is 5.03. The Kier molecular flexibility index (Phi) is 8.15. The standard InChI is InChI=1S/C13H27N3O/c1-5-13(15,11-14)8-7-9-16(6-2)12(3)10-17-4/h12H,5-10,15H2,1-4H3. The smallest absolute Gasteiger partial charge is 0.104 e. The molecule has 0 saturated carbocycles. The minimum Gasteiger partial charge on any atom is -0.383 e. The van der Waals surface area contributed by atoms with Gasteiger partial charge in [0.2, 0.25) is 0 Å². The van der Waals surface area contributed by atoms with Crippen LogP contribution in [0, 0.1) is 11.3 Å². The molecule has 2 atom stereocenters. The van der Waals surface area contributed by atoms with Crippen molar-refractivity contribution in [2.24, 2.45) is 5.73 Å². The van der Waals surface area contributed by atoms with Crippen molar-refractivity contribution in [3.63, 3.8) is 0 Å². The van der Waals surface area contributed by atoms with Gasteiger partial charge in [-0.2, -0.15) is 5.26 Å². The molecule has 0 bridgehead atoms. The highest BCUT2D eigenvalue weighted by Gasteiger charge is 2.22. The highest BCUT2D eigenvalue weighted by Crippen LogP contribution is 2.14. The molecule has 2 N–H and O–H groups in total. The summed E-state index contributed by atoms with van der Waals surface area (Å²) in [5.41, 5.74) is 5.31. The number of nitrogens with zero attached hydrogens (tertiary/aromatic N) is 2. The van der Waals surface area contributed by atoms with Crippen LogP contribution in [-0.2, 0) is 4.74 Å². The van der Waals surface area contributed by atoms with Crippen LogP contribution in [0.5, 0.6) is 0 Å². The molecule has 0 rings (SSSR count). The first-order valence-electron chi connectivity index (χ1n) is 6.46. The quantitative estimate of drug-likeness (QED) is 0.668. The lowest BCUT2D eigenvalue weighted by Crippen LogP contribution is -2.40. The van der Waals surface area contributed by atoms with Gasteiger partial charge >= 0.3 is 0 Å². The van der Waals surface area contributed by atoms with Crippen molar-refractivity contribution in [2.45, 2.75) is 51.6 Å². The molecule has 0 aromatic heterocycles. The van der Waals surface area contributed by atoms with Gasteiger partial charge in [-0.25, -0.2) is 0 Å². The van der Waals surface area contributed by atoms with E-state index in [2.05, 4.69) is 24.8 Å². The predicted molar refractivity (Wildman–Crippen MR) is 70.6 cm³/mol. The van der Waals surface area contributed by atoms with Gasteiger partial charge in [-0.3, -0.25) is 4.90 Å². The van der Waals surface area contributed by atoms with E-state index in [0.29, 0.717) is 12.5 Å². The largest absolute Gasteiger partial charge is 0.383 e. The van der Waals surface area contributed by atoms with Crippen LogP contribution in [0.25, 0.3) is 0 Å². The average Bonchev–Trinajstić information content (AvgIpc) is 2.34. The van der Waals surface area contributed by atoms with Gasteiger partial charge < -0.3 is 10.5 Å². The maximum Gasteiger partial charge on any atom is 0.104 e. The van der Waals surface area contributed by atoms with Crippen LogP contribution in [0.3, 0.4) is 0 Å². The summed E-state index contributed by atoms with van der Waals surface area (Å²) in [6.45, 7) is 8.99. The Bertz CT molecular complexity index is 239. The molecule has 4 heteroatoms. The molecule has 0 aliphatic rings. The first-order valence-corrected chi connectivity index (χ1v) is 6.46. The minimum absolute atomic E-state index is 0.417. The summed E-state index contributed by atoms with van der Waals surface area (Å²) in [6, 6.07) is 2.63. The molecule has 0 heterocycles. The fourth-order valence-electron chi connectivity index (χ4n) is 1.95. The van der Waals surface area contributed by atoms with Gasteiger partial charge in [0.1, 0.15) is 5.54 Å². The van der Waals surface area contributed by atoms with Gasteiger partial charge in [-0.15, -0.1) is 0 Å². The van der Waals surface area contributed by atoms with Gasteiger partial charge in [-0.05, 0) is 39.3 Å². The summed E-state index contributed by atoms with van der Waals surface area (Å²) in [7, 11) is 1.72. The third-order valence-corrected chi connectivity index (χ3v) is 3.36. The Morgan fingerprint density at radius 2 is 2.12 bits per heavy atom. The van der Waals surface area contributed by atoms with Crippen molar-refractivity contribution in [1.82, 2.24) is 4.90 Å². The van der Waals surface area contributed by atoms with E-state index >= 15 is 0 Å². The van der Waals surface area contributed by atoms with Crippen LogP contribution >= 0.6 is 0 Å². The molecular formula is C13H27N3O. The van der Waals surface area contributed by atoms with Gasteiger partial charge in [-0.1, -0.05) is 13.8 Å². The summed E-state index contributed by atoms with van der Waals surface area (Å²) < 4.78 is 5.16. The average molecular weight is 241 g/mol. The monoisotopic (exact) mass is 241 g/mol. The van der Waals surface area contributed by atoms with E-state index in [0.717, 1.165) is 32.5 Å². The van der Waals surface area contributed by atoms with E-state index in [1.165, 1.54) is 0 Å². The molecule has 0 aliphatic heterocycles. The molecule has 0 aromatic rings. The Morgan fingerprint density at radius 3 is 2.53 bits per heavy atom. The van der Waals surface area contributed by atoms with E-state index in [1.54, 1.807) is 7.11 Å². The zero-order chi connectivity index (χ0) is 13.3. The Morgan fingerprint density at radius 1 is 1.47 bits per heavy atom. The highest BCUT2D eigenvalue weighted by atomic mass is 16.5. The Hall–Kier alpha value is -0.630. The van der Waals surface area contributed by atoms with E-state index in [-0.39, 0.29) is 0 Å². The lowest BCUT2D eigenvalue weighted by atomic mass is 9.93. The van der Waals surface area contributed by atoms with E-state index < -0.39 is 5.54 Å². The van der Waals surface area contributed by atoms with Crippen molar-refractivity contribution in [3.05, 3.63) is 0 Å². The SMILES string of the molecule is CCN(CCCC(N)(C#N)CC)C(C)COC. The van der Waals surface area contributed by atoms with Gasteiger partial charge in [0.25, 0.3) is 0 Å². The van der Waals surface area contributed by atoms with Crippen LogP contribution in [0.1, 0.15) is 40.0 Å². The number of rotatable bonds is 9. The summed E-state index contributed by atoms with van der Waals surface area (Å²) in [4.78, 5) is 2.36. The number of likely N-dealkylation sites (N-methyl/N-ethyl adjacent to an activating group) is 1. The van der Waals surface area contributed by atoms with Gasteiger partial charge in [0.05, 0.1) is 12.7 Å². The molecule has 0 radical (unpaired) electrons. The van der Waals surface area contributed by atoms with Crippen LogP contribution in [0.2, 0.25) is 0 Å². The zero-order valence-corrected chi connectivity index (χ0v) is 11.7. The molecule has 2 unspecified atom stereocenters. The second-order valence-electron chi connectivity index (χ2n) is 4.66. The fourth-order valence-corrected chi connectivity index (χ4v) is 1.95. The first kappa shape index (κ1) is 16.4. The molecule has 0 aliphatic carbocycles. The van der Waals surface area contributed by atoms with Crippen molar-refractivity contribution in [1.29, 1.82) is 5.26 Å². The lowest BCUT2D eigenvalue weighted by Gasteiger charge is -2.28. The molecule has 0 saturated heterocycles. The van der Waals surface area contributed by atoms with Crippen molar-refractivity contribution in [2.75, 3.05) is 26.8 Å². The van der Waals surface area contributed by atoms with Crippen LogP contribution in [0.15, 0.2) is 0 Å². The van der Waals surface area contributed by atoms with Crippen LogP contribution in [-0.4, -0.2) is 43.3 Å². The Labute approximate surface area is 106 Å². The van der Waals surface area contributed by atoms with E-state index in [4.69, 9.17) is 15.7 Å². The van der Waals surface area contributed by atoms with Crippen molar-refractivity contribution in [3.8, 4) is 6.07 Å². The maximum atomic E-state index is 8.99. The minimum atomic E-state index is -0.649. The summed E-state index contributed by atoms with van der Waals surface area (Å²) >= 11 is 0. The van der Waals surface area contributed by atoms with E-state index in [9.17, 15) is 0 Å². The number of hydrogen-bond acceptors (Lipinski definition) is 4. The summed E-state index contributed by atoms with van der Waals surface area (Å²) in [5.74, 6) is 0. The molecule has 100 valence electrons. The van der Waals surface area contributed by atoms with Gasteiger partial charge in [0, 0.05) is 13.2 Å². The predicted octanol–water partition coefficient (Wildman–Crippen LogP) is 1.75. The molecule has 0 amide bonds. The summed E-state index contributed by atoms with van der Waals surface area (Å²) in [5, 5.41) is 8.99. The molecule has 4 nitrogen and oxygen atoms in total. The number of hydrogen-bond donors (Lipinski definition) is 1. The summed E-state index contributed by atoms with van der Waals surface area (Å²) in [6.07, 6.45) is 2.43. The van der Waals surface area contributed by atoms with Crippen molar-refractivity contribution >= 4 is 0 Å². The number of ether oxygens (including phenoxy) is 1. The second kappa shape index (κ2) is 8.46. The van der Waals surface area contributed by atoms with E-state index in [1.807, 2.05) is 6.92 Å². The Balaban J connectivity index is 4.04. The van der Waals surface area contributed by atoms with Gasteiger partial charge in [0.15, 0.2) is 0 Å². The topological polar surface area (TPSA) is 62.3 Å². The van der Waals surface area contributed by atoms with Crippen LogP contribution in [0.4, 0.5) is 0 Å². The third-order valence-electron chi connectivity index (χ3n) is 3.36. The third kappa shape index (κ3) is 6.02. The normalized spacial score (nSPS) is 16.5. The molecular weight excluding hydrogens is 214 g/mol. The fraction of sp³-hybridized carbons (Fsp3) is 0.923. The molecule has 0 spiro atoms. The molecule has 0 aromatic carbocycles. The number of methoxy groups -OCH3 is 1. The molecule has 17 heavy (non-hydrogen) atoms. The molecule has 0 fully saturated rings. The number of nitrogens with two attached hydrogens (primary N) is 1. The lowest BCUT2D eigenvalue weighted by molar-refractivity contribution is 0.101. The first-order chi connectivity index (χ1) is 8.02. The van der Waals surface area contributed by atoms with Crippen LogP contribution < -0.4 is 5.73 Å². The second-order valence-corrected chi connectivity index (χ2v) is 4.66.